The molecule has 3 N–H and O–H groups in total. The molecule has 0 saturated heterocycles. The van der Waals surface area contributed by atoms with Gasteiger partial charge in [-0.15, -0.1) is 0 Å². The average Bonchev–Trinajstić information content (AvgIpc) is 2.57. The minimum atomic E-state index is -1.45. The topological polar surface area (TPSA) is 85.4 Å². The molecule has 0 saturated carbocycles. The summed E-state index contributed by atoms with van der Waals surface area (Å²) < 4.78 is 5.77. The van der Waals surface area contributed by atoms with Crippen LogP contribution in [0.2, 0.25) is 0 Å². The van der Waals surface area contributed by atoms with Gasteiger partial charge in [0.15, 0.2) is 0 Å². The Hall–Kier alpha value is -2.14. The number of aromatic nitrogens is 1. The van der Waals surface area contributed by atoms with Crippen molar-refractivity contribution in [3.63, 3.8) is 0 Å². The number of rotatable bonds is 9. The third kappa shape index (κ3) is 4.45. The van der Waals surface area contributed by atoms with Gasteiger partial charge in [-0.1, -0.05) is 32.6 Å². The smallest absolute Gasteiger partial charge is 0.328 e. The number of carboxylic acids is 1. The fraction of sp³-hybridized carbons (Fsp3) is 0.474. The number of unbranched alkanes of at least 4 members (excludes halogenated alkanes) is 4. The first-order valence-electron chi connectivity index (χ1n) is 8.50. The van der Waals surface area contributed by atoms with E-state index in [1.807, 2.05) is 18.2 Å². The summed E-state index contributed by atoms with van der Waals surface area (Å²) in [5.41, 5.74) is 5.65. The van der Waals surface area contributed by atoms with Crippen LogP contribution in [0.1, 0.15) is 51.5 Å². The van der Waals surface area contributed by atoms with E-state index in [-0.39, 0.29) is 0 Å². The van der Waals surface area contributed by atoms with Gasteiger partial charge < -0.3 is 15.6 Å². The van der Waals surface area contributed by atoms with Gasteiger partial charge in [0.2, 0.25) is 0 Å². The number of fused-ring (bicyclic) bond motifs is 1. The predicted molar refractivity (Wildman–Crippen MR) is 95.2 cm³/mol. The molecule has 0 fully saturated rings. The maximum atomic E-state index is 11.3. The van der Waals surface area contributed by atoms with Crippen LogP contribution >= 0.6 is 0 Å². The minimum Gasteiger partial charge on any atom is -0.494 e. The Morgan fingerprint density at radius 1 is 1.25 bits per heavy atom. The van der Waals surface area contributed by atoms with Gasteiger partial charge in [-0.05, 0) is 31.5 Å². The quantitative estimate of drug-likeness (QED) is 0.682. The van der Waals surface area contributed by atoms with Gasteiger partial charge >= 0.3 is 5.97 Å². The third-order valence-corrected chi connectivity index (χ3v) is 4.22. The number of nitrogens with zero attached hydrogens (tertiary/aromatic N) is 1. The van der Waals surface area contributed by atoms with Gasteiger partial charge in [0.05, 0.1) is 12.1 Å². The van der Waals surface area contributed by atoms with Crippen molar-refractivity contribution in [3.8, 4) is 5.75 Å². The lowest BCUT2D eigenvalue weighted by molar-refractivity contribution is -0.143. The van der Waals surface area contributed by atoms with E-state index in [0.717, 1.165) is 23.1 Å². The van der Waals surface area contributed by atoms with Crippen LogP contribution in [-0.4, -0.2) is 22.7 Å². The molecule has 1 aromatic heterocycles. The number of benzene rings is 1. The van der Waals surface area contributed by atoms with Crippen LogP contribution < -0.4 is 10.5 Å². The predicted octanol–water partition coefficient (Wildman–Crippen LogP) is 3.84. The van der Waals surface area contributed by atoms with Crippen molar-refractivity contribution in [2.45, 2.75) is 51.5 Å². The van der Waals surface area contributed by atoms with Gasteiger partial charge in [0.25, 0.3) is 0 Å². The van der Waals surface area contributed by atoms with Crippen LogP contribution in [0.4, 0.5) is 0 Å². The normalized spacial score (nSPS) is 13.6. The summed E-state index contributed by atoms with van der Waals surface area (Å²) in [7, 11) is 0. The molecule has 0 amide bonds. The fourth-order valence-electron chi connectivity index (χ4n) is 2.49. The van der Waals surface area contributed by atoms with E-state index in [0.29, 0.717) is 12.2 Å². The summed E-state index contributed by atoms with van der Waals surface area (Å²) in [4.78, 5) is 15.6. The monoisotopic (exact) mass is 330 g/mol. The summed E-state index contributed by atoms with van der Waals surface area (Å²) in [6.07, 6.45) is 7.53. The number of ether oxygens (including phenoxy) is 1. The number of hydrogen-bond donors (Lipinski definition) is 2. The fourth-order valence-corrected chi connectivity index (χ4v) is 2.49. The maximum Gasteiger partial charge on any atom is 0.328 e. The highest BCUT2D eigenvalue weighted by Gasteiger charge is 2.30. The zero-order valence-electron chi connectivity index (χ0n) is 14.4. The van der Waals surface area contributed by atoms with E-state index in [1.54, 1.807) is 6.07 Å². The molecule has 0 spiro atoms. The molecule has 2 aromatic rings. The molecule has 1 aromatic carbocycles. The standard InChI is InChI=1S/C19H26N2O3/c1-3-4-5-6-7-10-24-16-9-8-14-11-15(13-21-17(14)12-16)19(2,20)18(22)23/h8-9,11-13H,3-7,10,20H2,1-2H3,(H,22,23)/t19-/m0/s1. The van der Waals surface area contributed by atoms with Crippen LogP contribution in [0.5, 0.6) is 5.75 Å². The van der Waals surface area contributed by atoms with Crippen LogP contribution in [0.25, 0.3) is 10.9 Å². The largest absolute Gasteiger partial charge is 0.494 e. The first kappa shape index (κ1) is 18.2. The second-order valence-electron chi connectivity index (χ2n) is 6.35. The van der Waals surface area contributed by atoms with Crippen molar-refractivity contribution in [2.75, 3.05) is 6.61 Å². The van der Waals surface area contributed by atoms with Crippen molar-refractivity contribution in [1.29, 1.82) is 0 Å². The highest BCUT2D eigenvalue weighted by Crippen LogP contribution is 2.24. The molecule has 5 nitrogen and oxygen atoms in total. The van der Waals surface area contributed by atoms with Gasteiger partial charge in [0, 0.05) is 23.2 Å². The SMILES string of the molecule is CCCCCCCOc1ccc2cc([C@](C)(N)C(=O)O)cnc2c1. The number of nitrogens with two attached hydrogens (primary N) is 1. The number of hydrogen-bond acceptors (Lipinski definition) is 4. The number of carbonyl (C=O) groups is 1. The minimum absolute atomic E-state index is 0.479. The number of aliphatic carboxylic acids is 1. The molecule has 24 heavy (non-hydrogen) atoms. The second kappa shape index (κ2) is 8.11. The molecule has 130 valence electrons. The van der Waals surface area contributed by atoms with E-state index in [4.69, 9.17) is 10.5 Å². The van der Waals surface area contributed by atoms with Crippen LogP contribution in [-0.2, 0) is 10.3 Å². The molecule has 0 bridgehead atoms. The summed E-state index contributed by atoms with van der Waals surface area (Å²) in [5, 5.41) is 10.1. The Balaban J connectivity index is 2.03. The Labute approximate surface area is 142 Å². The zero-order chi connectivity index (χ0) is 17.6. The molecule has 5 heteroatoms. The zero-order valence-corrected chi connectivity index (χ0v) is 14.4. The van der Waals surface area contributed by atoms with E-state index >= 15 is 0 Å². The van der Waals surface area contributed by atoms with Crippen LogP contribution in [0, 0.1) is 0 Å². The highest BCUT2D eigenvalue weighted by atomic mass is 16.5. The van der Waals surface area contributed by atoms with Crippen LogP contribution in [0.3, 0.4) is 0 Å². The molecule has 1 heterocycles. The molecular formula is C19H26N2O3. The van der Waals surface area contributed by atoms with Crippen molar-refractivity contribution in [1.82, 2.24) is 4.98 Å². The molecule has 0 unspecified atom stereocenters. The molecule has 0 aliphatic heterocycles. The Morgan fingerprint density at radius 2 is 2.00 bits per heavy atom. The molecule has 1 atom stereocenters. The van der Waals surface area contributed by atoms with Crippen molar-refractivity contribution in [2.24, 2.45) is 5.73 Å². The van der Waals surface area contributed by atoms with E-state index < -0.39 is 11.5 Å². The maximum absolute atomic E-state index is 11.3. The van der Waals surface area contributed by atoms with Gasteiger partial charge in [-0.3, -0.25) is 4.98 Å². The summed E-state index contributed by atoms with van der Waals surface area (Å²) >= 11 is 0. The second-order valence-corrected chi connectivity index (χ2v) is 6.35. The van der Waals surface area contributed by atoms with Crippen molar-refractivity contribution < 1.29 is 14.6 Å². The number of pyridine rings is 1. The van der Waals surface area contributed by atoms with E-state index in [1.165, 1.54) is 38.8 Å². The van der Waals surface area contributed by atoms with Gasteiger partial charge in [-0.2, -0.15) is 0 Å². The Morgan fingerprint density at radius 3 is 2.71 bits per heavy atom. The molecule has 2 rings (SSSR count). The van der Waals surface area contributed by atoms with E-state index in [9.17, 15) is 9.90 Å². The van der Waals surface area contributed by atoms with Gasteiger partial charge in [-0.25, -0.2) is 4.79 Å². The highest BCUT2D eigenvalue weighted by molar-refractivity contribution is 5.84. The summed E-state index contributed by atoms with van der Waals surface area (Å²) in [5.74, 6) is -0.293. The number of carboxylic acid groups (broad SMARTS) is 1. The molecule has 0 aliphatic carbocycles. The van der Waals surface area contributed by atoms with Crippen molar-refractivity contribution in [3.05, 3.63) is 36.0 Å². The van der Waals surface area contributed by atoms with Crippen LogP contribution in [0.15, 0.2) is 30.5 Å². The summed E-state index contributed by atoms with van der Waals surface area (Å²) in [6.45, 7) is 4.37. The summed E-state index contributed by atoms with van der Waals surface area (Å²) in [6, 6.07) is 7.41. The van der Waals surface area contributed by atoms with E-state index in [2.05, 4.69) is 11.9 Å². The lowest BCUT2D eigenvalue weighted by Crippen LogP contribution is -2.41. The van der Waals surface area contributed by atoms with Gasteiger partial charge in [0.1, 0.15) is 11.3 Å². The molecule has 0 radical (unpaired) electrons. The third-order valence-electron chi connectivity index (χ3n) is 4.22. The lowest BCUT2D eigenvalue weighted by atomic mass is 9.94. The Kier molecular flexibility index (Phi) is 6.15. The first-order valence-corrected chi connectivity index (χ1v) is 8.50. The molecular weight excluding hydrogens is 304 g/mol. The lowest BCUT2D eigenvalue weighted by Gasteiger charge is -2.19. The Bertz CT molecular complexity index is 698. The first-order chi connectivity index (χ1) is 11.4. The molecule has 0 aliphatic rings. The van der Waals surface area contributed by atoms with Crippen molar-refractivity contribution >= 4 is 16.9 Å². The average molecular weight is 330 g/mol.